The molecule has 0 aromatic heterocycles. The van der Waals surface area contributed by atoms with Gasteiger partial charge in [0, 0.05) is 11.0 Å². The van der Waals surface area contributed by atoms with Crippen LogP contribution in [-0.2, 0) is 14.8 Å². The fourth-order valence-electron chi connectivity index (χ4n) is 1.72. The van der Waals surface area contributed by atoms with Crippen LogP contribution in [0.15, 0.2) is 33.6 Å². The van der Waals surface area contributed by atoms with E-state index < -0.39 is 22.0 Å². The molecular weight excluding hydrogens is 308 g/mol. The molecule has 0 spiro atoms. The second kappa shape index (κ2) is 4.40. The Hall–Kier alpha value is -0.920. The highest BCUT2D eigenvalue weighted by Gasteiger charge is 2.42. The van der Waals surface area contributed by atoms with Crippen molar-refractivity contribution in [3.05, 3.63) is 28.7 Å². The molecule has 7 heteroatoms. The van der Waals surface area contributed by atoms with Crippen molar-refractivity contribution in [3.8, 4) is 0 Å². The number of carbonyl (C=O) groups is 1. The lowest BCUT2D eigenvalue weighted by Crippen LogP contribution is -2.57. The normalized spacial score (nSPS) is 20.9. The summed E-state index contributed by atoms with van der Waals surface area (Å²) >= 11 is 3.19. The average molecular weight is 319 g/mol. The quantitative estimate of drug-likeness (QED) is 0.890. The van der Waals surface area contributed by atoms with E-state index >= 15 is 0 Å². The molecule has 1 aromatic rings. The fourth-order valence-corrected chi connectivity index (χ4v) is 4.32. The second-order valence-corrected chi connectivity index (χ2v) is 6.47. The van der Waals surface area contributed by atoms with Crippen LogP contribution in [0.25, 0.3) is 0 Å². The maximum Gasteiger partial charge on any atom is 0.244 e. The minimum atomic E-state index is -3.64. The third-order valence-electron chi connectivity index (χ3n) is 2.72. The van der Waals surface area contributed by atoms with Crippen molar-refractivity contribution in [1.82, 2.24) is 4.31 Å². The molecular formula is C10H11BrN2O3S. The van der Waals surface area contributed by atoms with Gasteiger partial charge >= 0.3 is 0 Å². The zero-order valence-electron chi connectivity index (χ0n) is 8.84. The van der Waals surface area contributed by atoms with E-state index in [9.17, 15) is 13.2 Å². The molecule has 1 amide bonds. The lowest BCUT2D eigenvalue weighted by Gasteiger charge is -2.37. The molecule has 17 heavy (non-hydrogen) atoms. The van der Waals surface area contributed by atoms with Crippen LogP contribution < -0.4 is 5.73 Å². The van der Waals surface area contributed by atoms with Crippen LogP contribution in [0.4, 0.5) is 0 Å². The average Bonchev–Trinajstić information content (AvgIpc) is 2.14. The molecule has 1 atom stereocenters. The summed E-state index contributed by atoms with van der Waals surface area (Å²) in [6.07, 6.45) is 0.485. The Balaban J connectivity index is 2.38. The van der Waals surface area contributed by atoms with Gasteiger partial charge in [0.15, 0.2) is 0 Å². The van der Waals surface area contributed by atoms with Gasteiger partial charge in [-0.25, -0.2) is 8.42 Å². The van der Waals surface area contributed by atoms with E-state index in [1.54, 1.807) is 18.2 Å². The highest BCUT2D eigenvalue weighted by molar-refractivity contribution is 9.10. The molecule has 1 aliphatic rings. The van der Waals surface area contributed by atoms with E-state index in [4.69, 9.17) is 5.73 Å². The van der Waals surface area contributed by atoms with Crippen LogP contribution in [0.2, 0.25) is 0 Å². The van der Waals surface area contributed by atoms with Gasteiger partial charge in [-0.2, -0.15) is 4.31 Å². The lowest BCUT2D eigenvalue weighted by molar-refractivity contribution is -0.124. The van der Waals surface area contributed by atoms with Crippen LogP contribution in [0.1, 0.15) is 6.42 Å². The number of sulfonamides is 1. The number of hydrogen-bond acceptors (Lipinski definition) is 3. The molecule has 0 saturated carbocycles. The summed E-state index contributed by atoms with van der Waals surface area (Å²) in [5.41, 5.74) is 5.14. The van der Waals surface area contributed by atoms with Gasteiger partial charge in [-0.1, -0.05) is 12.1 Å². The van der Waals surface area contributed by atoms with Crippen LogP contribution >= 0.6 is 15.9 Å². The first-order valence-electron chi connectivity index (χ1n) is 5.00. The molecule has 0 bridgehead atoms. The molecule has 2 rings (SSSR count). The number of halogens is 1. The predicted molar refractivity (Wildman–Crippen MR) is 65.6 cm³/mol. The van der Waals surface area contributed by atoms with Gasteiger partial charge in [-0.05, 0) is 34.5 Å². The lowest BCUT2D eigenvalue weighted by atomic mass is 10.1. The number of hydrogen-bond donors (Lipinski definition) is 1. The first kappa shape index (κ1) is 12.5. The Labute approximate surface area is 108 Å². The summed E-state index contributed by atoms with van der Waals surface area (Å²) in [6.45, 7) is 0.331. The molecule has 0 aliphatic carbocycles. The van der Waals surface area contributed by atoms with Crippen molar-refractivity contribution in [2.45, 2.75) is 17.4 Å². The summed E-state index contributed by atoms with van der Waals surface area (Å²) in [5, 5.41) is 0. The zero-order chi connectivity index (χ0) is 12.6. The topological polar surface area (TPSA) is 80.5 Å². The SMILES string of the molecule is NC(=O)C1CCN1S(=O)(=O)c1ccccc1Br. The van der Waals surface area contributed by atoms with Crippen molar-refractivity contribution >= 4 is 31.9 Å². The van der Waals surface area contributed by atoms with Gasteiger partial charge in [-0.3, -0.25) is 4.79 Å². The van der Waals surface area contributed by atoms with Gasteiger partial charge in [0.05, 0.1) is 4.90 Å². The Morgan fingerprint density at radius 3 is 2.53 bits per heavy atom. The Kier molecular flexibility index (Phi) is 3.24. The van der Waals surface area contributed by atoms with E-state index in [0.29, 0.717) is 17.4 Å². The third kappa shape index (κ3) is 2.10. The summed E-state index contributed by atoms with van der Waals surface area (Å²) < 4.78 is 26.1. The Morgan fingerprint density at radius 1 is 1.41 bits per heavy atom. The zero-order valence-corrected chi connectivity index (χ0v) is 11.2. The fraction of sp³-hybridized carbons (Fsp3) is 0.300. The molecule has 2 N–H and O–H groups in total. The van der Waals surface area contributed by atoms with Crippen molar-refractivity contribution in [2.75, 3.05) is 6.54 Å². The summed E-state index contributed by atoms with van der Waals surface area (Å²) in [6, 6.07) is 5.79. The highest BCUT2D eigenvalue weighted by Crippen LogP contribution is 2.30. The van der Waals surface area contributed by atoms with Crippen LogP contribution in [0, 0.1) is 0 Å². The Morgan fingerprint density at radius 2 is 2.06 bits per heavy atom. The molecule has 1 aliphatic heterocycles. The number of benzene rings is 1. The van der Waals surface area contributed by atoms with Crippen molar-refractivity contribution in [3.63, 3.8) is 0 Å². The molecule has 5 nitrogen and oxygen atoms in total. The number of nitrogens with zero attached hydrogens (tertiary/aromatic N) is 1. The van der Waals surface area contributed by atoms with Crippen molar-refractivity contribution < 1.29 is 13.2 Å². The van der Waals surface area contributed by atoms with Crippen LogP contribution in [-0.4, -0.2) is 31.2 Å². The highest BCUT2D eigenvalue weighted by atomic mass is 79.9. The van der Waals surface area contributed by atoms with Gasteiger partial charge in [0.2, 0.25) is 15.9 Å². The molecule has 0 radical (unpaired) electrons. The summed E-state index contributed by atoms with van der Waals surface area (Å²) in [7, 11) is -3.64. The number of carbonyl (C=O) groups excluding carboxylic acids is 1. The molecule has 1 heterocycles. The van der Waals surface area contributed by atoms with E-state index in [0.717, 1.165) is 4.31 Å². The first-order valence-corrected chi connectivity index (χ1v) is 7.23. The standard InChI is InChI=1S/C10H11BrN2O3S/c11-7-3-1-2-4-9(7)17(15,16)13-6-5-8(13)10(12)14/h1-4,8H,5-6H2,(H2,12,14). The molecule has 92 valence electrons. The first-order chi connectivity index (χ1) is 7.94. The van der Waals surface area contributed by atoms with Crippen LogP contribution in [0.5, 0.6) is 0 Å². The smallest absolute Gasteiger partial charge is 0.244 e. The maximum atomic E-state index is 12.2. The minimum absolute atomic E-state index is 0.158. The number of amides is 1. The monoisotopic (exact) mass is 318 g/mol. The van der Waals surface area contributed by atoms with E-state index in [1.807, 2.05) is 0 Å². The Bertz CT molecular complexity index is 558. The molecule has 1 aromatic carbocycles. The summed E-state index contributed by atoms with van der Waals surface area (Å²) in [5.74, 6) is -0.605. The largest absolute Gasteiger partial charge is 0.368 e. The van der Waals surface area contributed by atoms with Crippen molar-refractivity contribution in [2.24, 2.45) is 5.73 Å². The summed E-state index contributed by atoms with van der Waals surface area (Å²) in [4.78, 5) is 11.2. The van der Waals surface area contributed by atoms with Gasteiger partial charge in [-0.15, -0.1) is 0 Å². The predicted octanol–water partition coefficient (Wildman–Crippen LogP) is 0.697. The second-order valence-electron chi connectivity index (χ2n) is 3.75. The number of primary amides is 1. The van der Waals surface area contributed by atoms with E-state index in [2.05, 4.69) is 15.9 Å². The third-order valence-corrected chi connectivity index (χ3v) is 5.64. The molecule has 1 fully saturated rings. The van der Waals surface area contributed by atoms with E-state index in [1.165, 1.54) is 6.07 Å². The van der Waals surface area contributed by atoms with Gasteiger partial charge in [0.1, 0.15) is 6.04 Å². The molecule has 1 saturated heterocycles. The maximum absolute atomic E-state index is 12.2. The van der Waals surface area contributed by atoms with Crippen LogP contribution in [0.3, 0.4) is 0 Å². The number of rotatable bonds is 3. The van der Waals surface area contributed by atoms with Gasteiger partial charge < -0.3 is 5.73 Å². The van der Waals surface area contributed by atoms with Gasteiger partial charge in [0.25, 0.3) is 0 Å². The minimum Gasteiger partial charge on any atom is -0.368 e. The molecule has 1 unspecified atom stereocenters. The van der Waals surface area contributed by atoms with Crippen molar-refractivity contribution in [1.29, 1.82) is 0 Å². The van der Waals surface area contributed by atoms with E-state index in [-0.39, 0.29) is 4.90 Å². The number of nitrogens with two attached hydrogens (primary N) is 1.